The van der Waals surface area contributed by atoms with Crippen LogP contribution < -0.4 is 5.73 Å². The van der Waals surface area contributed by atoms with Crippen molar-refractivity contribution in [3.63, 3.8) is 0 Å². The molecular formula is C9H6BrNOS. The fourth-order valence-corrected chi connectivity index (χ4v) is 2.70. The molecule has 0 unspecified atom stereocenters. The number of fused-ring (bicyclic) bond motifs is 1. The number of carbonyl (C=O) groups is 1. The zero-order valence-corrected chi connectivity index (χ0v) is 8.98. The Morgan fingerprint density at radius 2 is 2.23 bits per heavy atom. The third-order valence-corrected chi connectivity index (χ3v) is 3.56. The number of nitrogens with two attached hydrogens (primary N) is 1. The van der Waals surface area contributed by atoms with E-state index >= 15 is 0 Å². The lowest BCUT2D eigenvalue weighted by atomic mass is 10.2. The number of benzene rings is 1. The number of thiophene rings is 1. The summed E-state index contributed by atoms with van der Waals surface area (Å²) < 4.78 is 2.07. The van der Waals surface area contributed by atoms with Gasteiger partial charge in [-0.15, -0.1) is 11.3 Å². The lowest BCUT2D eigenvalue weighted by Gasteiger charge is -1.89. The van der Waals surface area contributed by atoms with Crippen molar-refractivity contribution in [2.75, 3.05) is 0 Å². The number of primary amides is 1. The fourth-order valence-electron chi connectivity index (χ4n) is 1.15. The molecule has 2 nitrogen and oxygen atoms in total. The van der Waals surface area contributed by atoms with E-state index in [-0.39, 0.29) is 5.91 Å². The van der Waals surface area contributed by atoms with Gasteiger partial charge in [0, 0.05) is 14.6 Å². The summed E-state index contributed by atoms with van der Waals surface area (Å²) in [6, 6.07) is 7.66. The van der Waals surface area contributed by atoms with Crippen LogP contribution in [0.2, 0.25) is 0 Å². The molecule has 0 spiro atoms. The Kier molecular flexibility index (Phi) is 2.09. The zero-order valence-electron chi connectivity index (χ0n) is 6.58. The van der Waals surface area contributed by atoms with E-state index in [9.17, 15) is 4.79 Å². The second-order valence-electron chi connectivity index (χ2n) is 2.63. The molecule has 0 bridgehead atoms. The Labute approximate surface area is 87.5 Å². The maximum absolute atomic E-state index is 10.9. The molecular weight excluding hydrogens is 250 g/mol. The van der Waals surface area contributed by atoms with E-state index in [2.05, 4.69) is 15.9 Å². The normalized spacial score (nSPS) is 10.5. The predicted molar refractivity (Wildman–Crippen MR) is 58.0 cm³/mol. The minimum atomic E-state index is -0.367. The van der Waals surface area contributed by atoms with Crippen molar-refractivity contribution in [2.45, 2.75) is 0 Å². The number of amides is 1. The van der Waals surface area contributed by atoms with Crippen LogP contribution in [0.3, 0.4) is 0 Å². The average molecular weight is 256 g/mol. The standard InChI is InChI=1S/C9H6BrNOS/c10-6-2-1-3-7-5(6)4-8(13-7)9(11)12/h1-4H,(H2,11,12). The molecule has 0 fully saturated rings. The van der Waals surface area contributed by atoms with Gasteiger partial charge in [-0.25, -0.2) is 0 Å². The molecule has 13 heavy (non-hydrogen) atoms. The molecule has 0 aliphatic rings. The molecule has 2 aromatic rings. The quantitative estimate of drug-likeness (QED) is 0.837. The van der Waals surface area contributed by atoms with Crippen LogP contribution >= 0.6 is 27.3 Å². The topological polar surface area (TPSA) is 43.1 Å². The van der Waals surface area contributed by atoms with Gasteiger partial charge in [0.15, 0.2) is 0 Å². The molecule has 0 aliphatic carbocycles. The summed E-state index contributed by atoms with van der Waals surface area (Å²) in [5, 5.41) is 1.04. The number of hydrogen-bond donors (Lipinski definition) is 1. The highest BCUT2D eigenvalue weighted by atomic mass is 79.9. The van der Waals surface area contributed by atoms with Crippen molar-refractivity contribution in [1.29, 1.82) is 0 Å². The van der Waals surface area contributed by atoms with Crippen molar-refractivity contribution in [1.82, 2.24) is 0 Å². The molecule has 2 N–H and O–H groups in total. The van der Waals surface area contributed by atoms with Gasteiger partial charge < -0.3 is 5.73 Å². The predicted octanol–water partition coefficient (Wildman–Crippen LogP) is 2.76. The lowest BCUT2D eigenvalue weighted by Crippen LogP contribution is -2.07. The summed E-state index contributed by atoms with van der Waals surface area (Å²) >= 11 is 4.83. The fraction of sp³-hybridized carbons (Fsp3) is 0. The van der Waals surface area contributed by atoms with Gasteiger partial charge in [0.1, 0.15) is 0 Å². The summed E-state index contributed by atoms with van der Waals surface area (Å²) in [6.45, 7) is 0. The number of carbonyl (C=O) groups excluding carboxylic acids is 1. The van der Waals surface area contributed by atoms with Crippen molar-refractivity contribution in [3.8, 4) is 0 Å². The van der Waals surface area contributed by atoms with E-state index in [1.807, 2.05) is 24.3 Å². The molecule has 2 rings (SSSR count). The Morgan fingerprint density at radius 3 is 2.85 bits per heavy atom. The van der Waals surface area contributed by atoms with Crippen LogP contribution in [0.5, 0.6) is 0 Å². The molecule has 0 aliphatic heterocycles. The molecule has 4 heteroatoms. The Balaban J connectivity index is 2.75. The average Bonchev–Trinajstić information content (AvgIpc) is 2.49. The Bertz CT molecular complexity index is 477. The molecule has 1 aromatic carbocycles. The molecule has 0 atom stereocenters. The minimum absolute atomic E-state index is 0.367. The van der Waals surface area contributed by atoms with Crippen LogP contribution in [0.15, 0.2) is 28.7 Å². The van der Waals surface area contributed by atoms with Crippen LogP contribution in [-0.4, -0.2) is 5.91 Å². The second kappa shape index (κ2) is 3.12. The van der Waals surface area contributed by atoms with Crippen LogP contribution in [0.25, 0.3) is 10.1 Å². The van der Waals surface area contributed by atoms with Crippen molar-refractivity contribution in [3.05, 3.63) is 33.6 Å². The Morgan fingerprint density at radius 1 is 1.46 bits per heavy atom. The van der Waals surface area contributed by atoms with E-state index in [1.165, 1.54) is 11.3 Å². The first kappa shape index (κ1) is 8.72. The highest BCUT2D eigenvalue weighted by Crippen LogP contribution is 2.30. The summed E-state index contributed by atoms with van der Waals surface area (Å²) in [7, 11) is 0. The first-order chi connectivity index (χ1) is 6.18. The van der Waals surface area contributed by atoms with Gasteiger partial charge >= 0.3 is 0 Å². The molecule has 1 aromatic heterocycles. The van der Waals surface area contributed by atoms with Gasteiger partial charge in [-0.2, -0.15) is 0 Å². The highest BCUT2D eigenvalue weighted by molar-refractivity contribution is 9.10. The second-order valence-corrected chi connectivity index (χ2v) is 4.56. The summed E-state index contributed by atoms with van der Waals surface area (Å²) in [5.74, 6) is -0.367. The maximum atomic E-state index is 10.9. The molecule has 1 heterocycles. The maximum Gasteiger partial charge on any atom is 0.258 e. The number of hydrogen-bond acceptors (Lipinski definition) is 2. The molecule has 0 radical (unpaired) electrons. The molecule has 0 saturated heterocycles. The van der Waals surface area contributed by atoms with Gasteiger partial charge in [-0.1, -0.05) is 22.0 Å². The SMILES string of the molecule is NC(=O)c1cc2c(Br)cccc2s1. The minimum Gasteiger partial charge on any atom is -0.365 e. The molecule has 0 saturated carbocycles. The van der Waals surface area contributed by atoms with E-state index < -0.39 is 0 Å². The number of halogens is 1. The first-order valence-electron chi connectivity index (χ1n) is 3.66. The summed E-state index contributed by atoms with van der Waals surface area (Å²) in [6.07, 6.45) is 0. The van der Waals surface area contributed by atoms with Crippen molar-refractivity contribution < 1.29 is 4.79 Å². The van der Waals surface area contributed by atoms with Gasteiger partial charge in [0.25, 0.3) is 5.91 Å². The van der Waals surface area contributed by atoms with Gasteiger partial charge in [-0.3, -0.25) is 4.79 Å². The van der Waals surface area contributed by atoms with Crippen molar-refractivity contribution >= 4 is 43.3 Å². The third-order valence-electron chi connectivity index (χ3n) is 1.75. The molecule has 66 valence electrons. The van der Waals surface area contributed by atoms with E-state index in [4.69, 9.17) is 5.73 Å². The van der Waals surface area contributed by atoms with Gasteiger partial charge in [0.2, 0.25) is 0 Å². The van der Waals surface area contributed by atoms with Crippen LogP contribution in [0.4, 0.5) is 0 Å². The van der Waals surface area contributed by atoms with Crippen LogP contribution in [-0.2, 0) is 0 Å². The zero-order chi connectivity index (χ0) is 9.42. The van der Waals surface area contributed by atoms with Crippen LogP contribution in [0, 0.1) is 0 Å². The van der Waals surface area contributed by atoms with E-state index in [1.54, 1.807) is 0 Å². The Hall–Kier alpha value is -0.870. The van der Waals surface area contributed by atoms with Gasteiger partial charge in [0.05, 0.1) is 4.88 Å². The smallest absolute Gasteiger partial charge is 0.258 e. The summed E-state index contributed by atoms with van der Waals surface area (Å²) in [5.41, 5.74) is 5.18. The van der Waals surface area contributed by atoms with E-state index in [0.717, 1.165) is 14.6 Å². The monoisotopic (exact) mass is 255 g/mol. The third kappa shape index (κ3) is 1.47. The summed E-state index contributed by atoms with van der Waals surface area (Å²) in [4.78, 5) is 11.5. The lowest BCUT2D eigenvalue weighted by molar-refractivity contribution is 0.100. The van der Waals surface area contributed by atoms with Crippen LogP contribution in [0.1, 0.15) is 9.67 Å². The van der Waals surface area contributed by atoms with Crippen molar-refractivity contribution in [2.24, 2.45) is 5.73 Å². The highest BCUT2D eigenvalue weighted by Gasteiger charge is 2.07. The van der Waals surface area contributed by atoms with Gasteiger partial charge in [-0.05, 0) is 18.2 Å². The number of rotatable bonds is 1. The molecule has 1 amide bonds. The first-order valence-corrected chi connectivity index (χ1v) is 5.27. The van der Waals surface area contributed by atoms with E-state index in [0.29, 0.717) is 4.88 Å². The largest absolute Gasteiger partial charge is 0.365 e.